The van der Waals surface area contributed by atoms with E-state index in [1.165, 1.54) is 31.4 Å². The van der Waals surface area contributed by atoms with E-state index in [-0.39, 0.29) is 11.4 Å². The van der Waals surface area contributed by atoms with E-state index in [4.69, 9.17) is 11.6 Å². The number of carbonyl (C=O) groups is 1. The molecule has 7 heteroatoms. The third-order valence-corrected chi connectivity index (χ3v) is 3.05. The Morgan fingerprint density at radius 3 is 2.64 bits per heavy atom. The molecule has 0 atom stereocenters. The van der Waals surface area contributed by atoms with Crippen molar-refractivity contribution < 1.29 is 23.0 Å². The Kier molecular flexibility index (Phi) is 4.92. The van der Waals surface area contributed by atoms with Crippen LogP contribution in [0.15, 0.2) is 30.3 Å². The maximum atomic E-state index is 12.5. The van der Waals surface area contributed by atoms with Crippen LogP contribution >= 0.6 is 11.6 Å². The first-order valence-electron chi connectivity index (χ1n) is 6.22. The number of benzene rings is 1. The van der Waals surface area contributed by atoms with Crippen molar-refractivity contribution in [1.82, 2.24) is 4.98 Å². The molecule has 0 aliphatic rings. The van der Waals surface area contributed by atoms with Gasteiger partial charge >= 0.3 is 12.6 Å². The van der Waals surface area contributed by atoms with E-state index >= 15 is 0 Å². The van der Waals surface area contributed by atoms with Crippen molar-refractivity contribution in [1.29, 1.82) is 0 Å². The fourth-order valence-electron chi connectivity index (χ4n) is 1.96. The molecule has 1 aromatic carbocycles. The zero-order valence-electron chi connectivity index (χ0n) is 11.8. The number of rotatable bonds is 4. The number of hydrogen-bond donors (Lipinski definition) is 0. The average molecular weight is 328 g/mol. The molecule has 4 nitrogen and oxygen atoms in total. The number of halogens is 3. The lowest BCUT2D eigenvalue weighted by molar-refractivity contribution is -0.0494. The number of aryl methyl sites for hydroxylation is 1. The number of hydrogen-bond acceptors (Lipinski definition) is 4. The summed E-state index contributed by atoms with van der Waals surface area (Å²) in [6.45, 7) is -1.29. The Morgan fingerprint density at radius 1 is 1.27 bits per heavy atom. The van der Waals surface area contributed by atoms with E-state index < -0.39 is 12.6 Å². The van der Waals surface area contributed by atoms with Crippen molar-refractivity contribution in [2.45, 2.75) is 13.5 Å². The predicted molar refractivity (Wildman–Crippen MR) is 77.4 cm³/mol. The third kappa shape index (κ3) is 3.71. The molecule has 2 aromatic rings. The van der Waals surface area contributed by atoms with Crippen LogP contribution < -0.4 is 4.74 Å². The highest BCUT2D eigenvalue weighted by molar-refractivity contribution is 6.31. The van der Waals surface area contributed by atoms with E-state index in [0.29, 0.717) is 21.8 Å². The topological polar surface area (TPSA) is 48.4 Å². The first kappa shape index (κ1) is 16.2. The van der Waals surface area contributed by atoms with Crippen LogP contribution in [-0.2, 0) is 4.74 Å². The Bertz CT molecular complexity index is 707. The molecule has 2 rings (SSSR count). The molecular weight excluding hydrogens is 316 g/mol. The highest BCUT2D eigenvalue weighted by atomic mass is 35.5. The summed E-state index contributed by atoms with van der Waals surface area (Å²) in [5.74, 6) is -0.663. The quantitative estimate of drug-likeness (QED) is 0.793. The average Bonchev–Trinajstić information content (AvgIpc) is 2.47. The summed E-state index contributed by atoms with van der Waals surface area (Å²) < 4.78 is 34.1. The molecule has 0 unspecified atom stereocenters. The van der Waals surface area contributed by atoms with Crippen molar-refractivity contribution in [2.75, 3.05) is 7.11 Å². The molecule has 1 heterocycles. The number of alkyl halides is 2. The van der Waals surface area contributed by atoms with Crippen molar-refractivity contribution in [3.63, 3.8) is 0 Å². The maximum Gasteiger partial charge on any atom is 0.387 e. The number of pyridine rings is 1. The summed E-state index contributed by atoms with van der Waals surface area (Å²) in [5.41, 5.74) is 1.41. The summed E-state index contributed by atoms with van der Waals surface area (Å²) in [6, 6.07) is 7.34. The smallest absolute Gasteiger partial charge is 0.387 e. The molecule has 0 saturated heterocycles. The van der Waals surface area contributed by atoms with Gasteiger partial charge in [0.05, 0.1) is 7.11 Å². The first-order valence-corrected chi connectivity index (χ1v) is 6.60. The van der Waals surface area contributed by atoms with Crippen molar-refractivity contribution in [3.05, 3.63) is 46.7 Å². The van der Waals surface area contributed by atoms with Gasteiger partial charge in [-0.05, 0) is 42.8 Å². The number of aromatic nitrogens is 1. The first-order chi connectivity index (χ1) is 10.4. The molecule has 0 saturated carbocycles. The Hall–Kier alpha value is -2.21. The second-order valence-corrected chi connectivity index (χ2v) is 4.83. The fourth-order valence-corrected chi connectivity index (χ4v) is 2.13. The van der Waals surface area contributed by atoms with Gasteiger partial charge in [0.2, 0.25) is 0 Å². The minimum atomic E-state index is -2.97. The van der Waals surface area contributed by atoms with E-state index in [9.17, 15) is 13.6 Å². The number of nitrogens with zero attached hydrogens (tertiary/aromatic N) is 1. The van der Waals surface area contributed by atoms with Gasteiger partial charge in [-0.15, -0.1) is 0 Å². The lowest BCUT2D eigenvalue weighted by atomic mass is 10.0. The molecule has 0 N–H and O–H groups in total. The van der Waals surface area contributed by atoms with Crippen molar-refractivity contribution in [3.8, 4) is 16.9 Å². The SMILES string of the molecule is COC(=O)c1cc(-c2cc(Cl)ccc2OC(F)F)cc(C)n1. The lowest BCUT2D eigenvalue weighted by Gasteiger charge is -2.12. The second kappa shape index (κ2) is 6.70. The van der Waals surface area contributed by atoms with Crippen LogP contribution in [0.25, 0.3) is 11.1 Å². The van der Waals surface area contributed by atoms with Crippen LogP contribution in [0.3, 0.4) is 0 Å². The zero-order chi connectivity index (χ0) is 16.3. The maximum absolute atomic E-state index is 12.5. The zero-order valence-corrected chi connectivity index (χ0v) is 12.5. The summed E-state index contributed by atoms with van der Waals surface area (Å²) in [6.07, 6.45) is 0. The highest BCUT2D eigenvalue weighted by Crippen LogP contribution is 2.34. The van der Waals surface area contributed by atoms with Gasteiger partial charge in [-0.3, -0.25) is 0 Å². The Labute approximate surface area is 130 Å². The van der Waals surface area contributed by atoms with Crippen LogP contribution in [0.2, 0.25) is 5.02 Å². The Balaban J connectivity index is 2.57. The minimum absolute atomic E-state index is 0.0409. The monoisotopic (exact) mass is 327 g/mol. The summed E-state index contributed by atoms with van der Waals surface area (Å²) in [4.78, 5) is 15.7. The van der Waals surface area contributed by atoms with Crippen molar-refractivity contribution >= 4 is 17.6 Å². The van der Waals surface area contributed by atoms with Crippen LogP contribution in [0.4, 0.5) is 8.78 Å². The van der Waals surface area contributed by atoms with Gasteiger partial charge in [-0.2, -0.15) is 8.78 Å². The number of ether oxygens (including phenoxy) is 2. The summed E-state index contributed by atoms with van der Waals surface area (Å²) in [7, 11) is 1.23. The Morgan fingerprint density at radius 2 is 2.00 bits per heavy atom. The van der Waals surface area contributed by atoms with Crippen LogP contribution in [0.5, 0.6) is 5.75 Å². The molecule has 0 bridgehead atoms. The van der Waals surface area contributed by atoms with E-state index in [0.717, 1.165) is 0 Å². The number of esters is 1. The summed E-state index contributed by atoms with van der Waals surface area (Å²) in [5, 5.41) is 0.352. The largest absolute Gasteiger partial charge is 0.464 e. The molecular formula is C15H12ClF2NO3. The third-order valence-electron chi connectivity index (χ3n) is 2.82. The van der Waals surface area contributed by atoms with Gasteiger partial charge in [-0.25, -0.2) is 9.78 Å². The summed E-state index contributed by atoms with van der Waals surface area (Å²) >= 11 is 5.92. The lowest BCUT2D eigenvalue weighted by Crippen LogP contribution is -2.06. The highest BCUT2D eigenvalue weighted by Gasteiger charge is 2.15. The van der Waals surface area contributed by atoms with Gasteiger partial charge < -0.3 is 9.47 Å². The molecule has 0 spiro atoms. The molecule has 1 aromatic heterocycles. The van der Waals surface area contributed by atoms with Gasteiger partial charge in [0.15, 0.2) is 0 Å². The van der Waals surface area contributed by atoms with Gasteiger partial charge in [0.1, 0.15) is 11.4 Å². The van der Waals surface area contributed by atoms with Gasteiger partial charge in [0.25, 0.3) is 0 Å². The minimum Gasteiger partial charge on any atom is -0.464 e. The normalized spacial score (nSPS) is 10.6. The predicted octanol–water partition coefficient (Wildman–Crippen LogP) is 4.10. The van der Waals surface area contributed by atoms with Gasteiger partial charge in [-0.1, -0.05) is 11.6 Å². The van der Waals surface area contributed by atoms with E-state index in [2.05, 4.69) is 14.5 Å². The van der Waals surface area contributed by atoms with Crippen LogP contribution in [-0.4, -0.2) is 24.7 Å². The molecule has 0 amide bonds. The number of methoxy groups -OCH3 is 1. The van der Waals surface area contributed by atoms with E-state index in [1.807, 2.05) is 0 Å². The second-order valence-electron chi connectivity index (χ2n) is 4.39. The molecule has 0 aliphatic carbocycles. The number of carbonyl (C=O) groups excluding carboxylic acids is 1. The van der Waals surface area contributed by atoms with Crippen molar-refractivity contribution in [2.24, 2.45) is 0 Å². The molecule has 22 heavy (non-hydrogen) atoms. The standard InChI is InChI=1S/C15H12ClF2NO3/c1-8-5-9(6-12(19-8)14(20)21-2)11-7-10(16)3-4-13(11)22-15(17)18/h3-7,15H,1-2H3. The van der Waals surface area contributed by atoms with Gasteiger partial charge in [0, 0.05) is 16.3 Å². The molecule has 0 radical (unpaired) electrons. The van der Waals surface area contributed by atoms with E-state index in [1.54, 1.807) is 13.0 Å². The molecule has 0 fully saturated rings. The van der Waals surface area contributed by atoms with Crippen LogP contribution in [0.1, 0.15) is 16.2 Å². The fraction of sp³-hybridized carbons (Fsp3) is 0.200. The molecule has 116 valence electrons. The van der Waals surface area contributed by atoms with Crippen LogP contribution in [0, 0.1) is 6.92 Å². The molecule has 0 aliphatic heterocycles.